The van der Waals surface area contributed by atoms with E-state index in [0.29, 0.717) is 6.04 Å². The van der Waals surface area contributed by atoms with Crippen molar-refractivity contribution < 1.29 is 4.79 Å². The van der Waals surface area contributed by atoms with Crippen molar-refractivity contribution in [1.82, 2.24) is 15.2 Å². The summed E-state index contributed by atoms with van der Waals surface area (Å²) < 4.78 is 0. The zero-order valence-corrected chi connectivity index (χ0v) is 10.9. The van der Waals surface area contributed by atoms with Gasteiger partial charge in [0.2, 0.25) is 0 Å². The quantitative estimate of drug-likeness (QED) is 0.886. The Labute approximate surface area is 108 Å². The first-order chi connectivity index (χ1) is 8.75. The number of rotatable bonds is 4. The number of urea groups is 1. The van der Waals surface area contributed by atoms with E-state index in [-0.39, 0.29) is 6.03 Å². The molecule has 18 heavy (non-hydrogen) atoms. The molecule has 1 saturated carbocycles. The van der Waals surface area contributed by atoms with Gasteiger partial charge in [-0.15, -0.1) is 0 Å². The summed E-state index contributed by atoms with van der Waals surface area (Å²) in [5.41, 5.74) is 1.21. The van der Waals surface area contributed by atoms with Crippen LogP contribution in [0.25, 0.3) is 0 Å². The molecule has 1 N–H and O–H groups in total. The second kappa shape index (κ2) is 6.38. The van der Waals surface area contributed by atoms with Crippen LogP contribution in [0.1, 0.15) is 31.2 Å². The van der Waals surface area contributed by atoms with Gasteiger partial charge < -0.3 is 10.2 Å². The van der Waals surface area contributed by atoms with Crippen LogP contribution in [0.3, 0.4) is 0 Å². The number of likely N-dealkylation sites (N-methyl/N-ethyl adjacent to an activating group) is 1. The minimum atomic E-state index is 0.0518. The van der Waals surface area contributed by atoms with E-state index in [4.69, 9.17) is 0 Å². The maximum atomic E-state index is 11.9. The largest absolute Gasteiger partial charge is 0.335 e. The fraction of sp³-hybridized carbons (Fsp3) is 0.571. The van der Waals surface area contributed by atoms with E-state index in [1.807, 2.05) is 19.2 Å². The predicted molar refractivity (Wildman–Crippen MR) is 71.4 cm³/mol. The Morgan fingerprint density at radius 2 is 2.06 bits per heavy atom. The van der Waals surface area contributed by atoms with Crippen molar-refractivity contribution in [2.24, 2.45) is 0 Å². The van der Waals surface area contributed by atoms with E-state index in [2.05, 4.69) is 10.3 Å². The normalized spacial score (nSPS) is 15.6. The van der Waals surface area contributed by atoms with Crippen LogP contribution < -0.4 is 5.32 Å². The molecule has 0 radical (unpaired) electrons. The molecule has 0 aromatic carbocycles. The van der Waals surface area contributed by atoms with Crippen LogP contribution in [-0.2, 0) is 6.42 Å². The van der Waals surface area contributed by atoms with E-state index in [1.54, 1.807) is 17.3 Å². The van der Waals surface area contributed by atoms with E-state index in [0.717, 1.165) is 25.8 Å². The van der Waals surface area contributed by atoms with Gasteiger partial charge >= 0.3 is 6.03 Å². The average molecular weight is 247 g/mol. The highest BCUT2D eigenvalue weighted by molar-refractivity contribution is 5.74. The number of pyridine rings is 1. The van der Waals surface area contributed by atoms with Crippen molar-refractivity contribution in [3.8, 4) is 0 Å². The number of hydrogen-bond donors (Lipinski definition) is 1. The Hall–Kier alpha value is -1.58. The van der Waals surface area contributed by atoms with Crippen LogP contribution in [0, 0.1) is 0 Å². The van der Waals surface area contributed by atoms with Crippen LogP contribution in [0.5, 0.6) is 0 Å². The number of nitrogens with one attached hydrogen (secondary N) is 1. The minimum Gasteiger partial charge on any atom is -0.335 e. The third-order valence-electron chi connectivity index (χ3n) is 3.51. The summed E-state index contributed by atoms with van der Waals surface area (Å²) in [6.45, 7) is 0.739. The van der Waals surface area contributed by atoms with Gasteiger partial charge in [0.05, 0.1) is 0 Å². The molecule has 98 valence electrons. The zero-order valence-electron chi connectivity index (χ0n) is 10.9. The van der Waals surface area contributed by atoms with Crippen LogP contribution in [0.4, 0.5) is 4.79 Å². The van der Waals surface area contributed by atoms with Crippen LogP contribution >= 0.6 is 0 Å². The number of hydrogen-bond acceptors (Lipinski definition) is 2. The van der Waals surface area contributed by atoms with Crippen LogP contribution in [-0.4, -0.2) is 35.5 Å². The fourth-order valence-electron chi connectivity index (χ4n) is 2.30. The standard InChI is InChI=1S/C14H21N3O/c1-17(11-8-12-6-9-15-10-7-12)14(18)16-13-4-2-3-5-13/h6-7,9-10,13H,2-5,8,11H2,1H3,(H,16,18). The number of amides is 2. The maximum absolute atomic E-state index is 11.9. The lowest BCUT2D eigenvalue weighted by Crippen LogP contribution is -2.42. The second-order valence-electron chi connectivity index (χ2n) is 4.96. The molecule has 1 aliphatic carbocycles. The Morgan fingerprint density at radius 1 is 1.39 bits per heavy atom. The maximum Gasteiger partial charge on any atom is 0.317 e. The molecule has 0 saturated heterocycles. The van der Waals surface area contributed by atoms with E-state index < -0.39 is 0 Å². The molecule has 1 aromatic heterocycles. The number of aromatic nitrogens is 1. The second-order valence-corrected chi connectivity index (χ2v) is 4.96. The van der Waals surface area contributed by atoms with Gasteiger partial charge in [-0.1, -0.05) is 12.8 Å². The van der Waals surface area contributed by atoms with Crippen molar-refractivity contribution in [2.75, 3.05) is 13.6 Å². The molecule has 1 fully saturated rings. The molecule has 1 aromatic rings. The molecule has 0 unspecified atom stereocenters. The van der Waals surface area contributed by atoms with Gasteiger partial charge in [0.25, 0.3) is 0 Å². The Morgan fingerprint density at radius 3 is 2.72 bits per heavy atom. The number of nitrogens with zero attached hydrogens (tertiary/aromatic N) is 2. The smallest absolute Gasteiger partial charge is 0.317 e. The summed E-state index contributed by atoms with van der Waals surface area (Å²) in [4.78, 5) is 17.7. The van der Waals surface area contributed by atoms with E-state index in [1.165, 1.54) is 18.4 Å². The van der Waals surface area contributed by atoms with Gasteiger partial charge in [0.15, 0.2) is 0 Å². The van der Waals surface area contributed by atoms with Crippen LogP contribution in [0.2, 0.25) is 0 Å². The Bertz CT molecular complexity index is 374. The van der Waals surface area contributed by atoms with Crippen molar-refractivity contribution in [3.63, 3.8) is 0 Å². The summed E-state index contributed by atoms with van der Waals surface area (Å²) in [7, 11) is 1.85. The fourth-order valence-corrected chi connectivity index (χ4v) is 2.30. The highest BCUT2D eigenvalue weighted by Crippen LogP contribution is 2.17. The molecule has 1 heterocycles. The van der Waals surface area contributed by atoms with E-state index >= 15 is 0 Å². The molecule has 4 nitrogen and oxygen atoms in total. The van der Waals surface area contributed by atoms with Gasteiger partial charge in [-0.2, -0.15) is 0 Å². The lowest BCUT2D eigenvalue weighted by atomic mass is 10.2. The van der Waals surface area contributed by atoms with Crippen molar-refractivity contribution in [3.05, 3.63) is 30.1 Å². The molecular formula is C14H21N3O. The summed E-state index contributed by atoms with van der Waals surface area (Å²) in [6, 6.07) is 4.42. The topological polar surface area (TPSA) is 45.2 Å². The van der Waals surface area contributed by atoms with Gasteiger partial charge in [-0.05, 0) is 37.0 Å². The van der Waals surface area contributed by atoms with Crippen molar-refractivity contribution in [2.45, 2.75) is 38.1 Å². The molecule has 2 amide bonds. The third-order valence-corrected chi connectivity index (χ3v) is 3.51. The SMILES string of the molecule is CN(CCc1ccncc1)C(=O)NC1CCCC1. The average Bonchev–Trinajstić information content (AvgIpc) is 2.90. The predicted octanol–water partition coefficient (Wildman–Crippen LogP) is 2.21. The van der Waals surface area contributed by atoms with Gasteiger partial charge in [-0.25, -0.2) is 4.79 Å². The van der Waals surface area contributed by atoms with Crippen molar-refractivity contribution >= 4 is 6.03 Å². The summed E-state index contributed by atoms with van der Waals surface area (Å²) >= 11 is 0. The summed E-state index contributed by atoms with van der Waals surface area (Å²) in [6.07, 6.45) is 9.18. The molecule has 4 heteroatoms. The summed E-state index contributed by atoms with van der Waals surface area (Å²) in [5.74, 6) is 0. The van der Waals surface area contributed by atoms with Crippen LogP contribution in [0.15, 0.2) is 24.5 Å². The first-order valence-electron chi connectivity index (χ1n) is 6.66. The van der Waals surface area contributed by atoms with Crippen molar-refractivity contribution in [1.29, 1.82) is 0 Å². The van der Waals surface area contributed by atoms with E-state index in [9.17, 15) is 4.79 Å². The molecule has 0 atom stereocenters. The van der Waals surface area contributed by atoms with Gasteiger partial charge in [0, 0.05) is 32.0 Å². The molecule has 0 spiro atoms. The molecular weight excluding hydrogens is 226 g/mol. The Balaban J connectivity index is 1.73. The van der Waals surface area contributed by atoms with Gasteiger partial charge in [-0.3, -0.25) is 4.98 Å². The molecule has 0 aliphatic heterocycles. The lowest BCUT2D eigenvalue weighted by Gasteiger charge is -2.20. The lowest BCUT2D eigenvalue weighted by molar-refractivity contribution is 0.205. The number of carbonyl (C=O) groups is 1. The third kappa shape index (κ3) is 3.72. The molecule has 2 rings (SSSR count). The minimum absolute atomic E-state index is 0.0518. The highest BCUT2D eigenvalue weighted by Gasteiger charge is 2.18. The monoisotopic (exact) mass is 247 g/mol. The first-order valence-corrected chi connectivity index (χ1v) is 6.66. The molecule has 1 aliphatic rings. The number of carbonyl (C=O) groups excluding carboxylic acids is 1. The summed E-state index contributed by atoms with van der Waals surface area (Å²) in [5, 5.41) is 3.09. The molecule has 0 bridgehead atoms. The first kappa shape index (κ1) is 12.9. The zero-order chi connectivity index (χ0) is 12.8. The highest BCUT2D eigenvalue weighted by atomic mass is 16.2. The Kier molecular flexibility index (Phi) is 4.56. The van der Waals surface area contributed by atoms with Gasteiger partial charge in [0.1, 0.15) is 0 Å².